The number of hydrogen-bond donors (Lipinski definition) is 2. The van der Waals surface area contributed by atoms with Crippen molar-refractivity contribution in [1.82, 2.24) is 4.90 Å². The Morgan fingerprint density at radius 1 is 1.42 bits per heavy atom. The van der Waals surface area contributed by atoms with Gasteiger partial charge in [-0.1, -0.05) is 6.92 Å². The van der Waals surface area contributed by atoms with Crippen LogP contribution in [0.2, 0.25) is 0 Å². The van der Waals surface area contributed by atoms with Gasteiger partial charge in [0.2, 0.25) is 0 Å². The van der Waals surface area contributed by atoms with Crippen LogP contribution in [0.5, 0.6) is 5.75 Å². The number of hydrogen-bond acceptors (Lipinski definition) is 3. The quantitative estimate of drug-likeness (QED) is 0.858. The van der Waals surface area contributed by atoms with E-state index in [9.17, 15) is 9.90 Å². The van der Waals surface area contributed by atoms with Crippen molar-refractivity contribution in [2.75, 3.05) is 25.5 Å². The van der Waals surface area contributed by atoms with E-state index in [1.807, 2.05) is 6.92 Å². The van der Waals surface area contributed by atoms with E-state index in [4.69, 9.17) is 4.74 Å². The highest BCUT2D eigenvalue weighted by molar-refractivity contribution is 5.89. The number of anilines is 1. The fourth-order valence-electron chi connectivity index (χ4n) is 2.11. The molecule has 2 atom stereocenters. The van der Waals surface area contributed by atoms with Crippen LogP contribution in [0.1, 0.15) is 13.3 Å². The Morgan fingerprint density at radius 3 is 2.68 bits per heavy atom. The smallest absolute Gasteiger partial charge is 0.321 e. The van der Waals surface area contributed by atoms with Crippen molar-refractivity contribution in [3.63, 3.8) is 0 Å². The number of carbonyl (C=O) groups excluding carboxylic acids is 1. The van der Waals surface area contributed by atoms with E-state index in [0.717, 1.165) is 17.9 Å². The van der Waals surface area contributed by atoms with Gasteiger partial charge < -0.3 is 20.1 Å². The van der Waals surface area contributed by atoms with Gasteiger partial charge in [-0.2, -0.15) is 0 Å². The predicted molar refractivity (Wildman–Crippen MR) is 73.4 cm³/mol. The number of carbonyl (C=O) groups is 1. The standard InChI is InChI=1S/C14H20N2O3/c1-10-7-8-16(9-13(10)17)14(18)15-11-3-5-12(19-2)6-4-11/h3-6,10,13,17H,7-9H2,1-2H3,(H,15,18). The highest BCUT2D eigenvalue weighted by Gasteiger charge is 2.27. The molecule has 104 valence electrons. The van der Waals surface area contributed by atoms with Crippen molar-refractivity contribution in [3.8, 4) is 5.75 Å². The third-order valence-corrected chi connectivity index (χ3v) is 3.55. The van der Waals surface area contributed by atoms with Crippen molar-refractivity contribution in [1.29, 1.82) is 0 Å². The Morgan fingerprint density at radius 2 is 2.11 bits per heavy atom. The van der Waals surface area contributed by atoms with Gasteiger partial charge >= 0.3 is 6.03 Å². The summed E-state index contributed by atoms with van der Waals surface area (Å²) in [5.74, 6) is 1.00. The highest BCUT2D eigenvalue weighted by atomic mass is 16.5. The number of nitrogens with one attached hydrogen (secondary N) is 1. The maximum absolute atomic E-state index is 12.0. The van der Waals surface area contributed by atoms with Crippen molar-refractivity contribution in [2.24, 2.45) is 5.92 Å². The lowest BCUT2D eigenvalue weighted by molar-refractivity contribution is 0.0464. The van der Waals surface area contributed by atoms with Gasteiger partial charge in [0.1, 0.15) is 5.75 Å². The second-order valence-corrected chi connectivity index (χ2v) is 4.94. The van der Waals surface area contributed by atoms with Crippen LogP contribution >= 0.6 is 0 Å². The Labute approximate surface area is 113 Å². The van der Waals surface area contributed by atoms with E-state index in [0.29, 0.717) is 13.1 Å². The first-order valence-corrected chi connectivity index (χ1v) is 6.48. The summed E-state index contributed by atoms with van der Waals surface area (Å²) in [5.41, 5.74) is 0.721. The summed E-state index contributed by atoms with van der Waals surface area (Å²) in [5, 5.41) is 12.6. The molecule has 1 heterocycles. The molecule has 1 aliphatic heterocycles. The summed E-state index contributed by atoms with van der Waals surface area (Å²) in [6, 6.07) is 7.00. The maximum atomic E-state index is 12.0. The number of nitrogens with zero attached hydrogens (tertiary/aromatic N) is 1. The number of ether oxygens (including phenoxy) is 1. The first-order valence-electron chi connectivity index (χ1n) is 6.48. The Balaban J connectivity index is 1.93. The van der Waals surface area contributed by atoms with Gasteiger partial charge in [0.05, 0.1) is 13.2 Å². The number of likely N-dealkylation sites (tertiary alicyclic amines) is 1. The molecule has 5 heteroatoms. The van der Waals surface area contributed by atoms with Gasteiger partial charge in [-0.3, -0.25) is 0 Å². The maximum Gasteiger partial charge on any atom is 0.321 e. The Bertz CT molecular complexity index is 433. The van der Waals surface area contributed by atoms with Crippen molar-refractivity contribution < 1.29 is 14.6 Å². The molecule has 0 spiro atoms. The van der Waals surface area contributed by atoms with Crippen LogP contribution in [-0.4, -0.2) is 42.3 Å². The SMILES string of the molecule is COc1ccc(NC(=O)N2CCC(C)C(O)C2)cc1. The molecule has 0 radical (unpaired) electrons. The topological polar surface area (TPSA) is 61.8 Å². The molecule has 0 bridgehead atoms. The van der Waals surface area contributed by atoms with Gasteiger partial charge in [-0.15, -0.1) is 0 Å². The molecular weight excluding hydrogens is 244 g/mol. The van der Waals surface area contributed by atoms with E-state index in [1.165, 1.54) is 0 Å². The average Bonchev–Trinajstić information content (AvgIpc) is 2.42. The number of β-amino-alcohol motifs (C(OH)–C–C–N with tert-alkyl or cyclic N) is 1. The molecule has 0 aliphatic carbocycles. The van der Waals surface area contributed by atoms with Crippen molar-refractivity contribution >= 4 is 11.7 Å². The zero-order valence-electron chi connectivity index (χ0n) is 11.3. The minimum absolute atomic E-state index is 0.170. The van der Waals surface area contributed by atoms with E-state index in [-0.39, 0.29) is 11.9 Å². The molecule has 1 aliphatic rings. The van der Waals surface area contributed by atoms with Gasteiger partial charge in [-0.05, 0) is 36.6 Å². The van der Waals surface area contributed by atoms with Crippen LogP contribution < -0.4 is 10.1 Å². The average molecular weight is 264 g/mol. The van der Waals surface area contributed by atoms with Crippen molar-refractivity contribution in [2.45, 2.75) is 19.4 Å². The number of aliphatic hydroxyl groups is 1. The molecule has 2 N–H and O–H groups in total. The normalized spacial score (nSPS) is 23.0. The molecule has 1 fully saturated rings. The third kappa shape index (κ3) is 3.38. The number of urea groups is 1. The third-order valence-electron chi connectivity index (χ3n) is 3.55. The fraction of sp³-hybridized carbons (Fsp3) is 0.500. The van der Waals surface area contributed by atoms with Gasteiger partial charge in [0.25, 0.3) is 0 Å². The molecular formula is C14H20N2O3. The molecule has 0 saturated carbocycles. The zero-order chi connectivity index (χ0) is 13.8. The number of amides is 2. The highest BCUT2D eigenvalue weighted by Crippen LogP contribution is 2.19. The van der Waals surface area contributed by atoms with E-state index in [1.54, 1.807) is 36.3 Å². The van der Waals surface area contributed by atoms with Crippen LogP contribution in [-0.2, 0) is 0 Å². The molecule has 1 aromatic carbocycles. The second-order valence-electron chi connectivity index (χ2n) is 4.94. The van der Waals surface area contributed by atoms with Crippen LogP contribution in [0.3, 0.4) is 0 Å². The summed E-state index contributed by atoms with van der Waals surface area (Å²) >= 11 is 0. The number of piperidine rings is 1. The molecule has 2 amide bonds. The molecule has 0 aromatic heterocycles. The summed E-state index contributed by atoms with van der Waals surface area (Å²) < 4.78 is 5.06. The Kier molecular flexibility index (Phi) is 4.27. The van der Waals surface area contributed by atoms with Gasteiger partial charge in [0, 0.05) is 18.8 Å². The summed E-state index contributed by atoms with van der Waals surface area (Å²) in [4.78, 5) is 13.7. The molecule has 19 heavy (non-hydrogen) atoms. The lowest BCUT2D eigenvalue weighted by Gasteiger charge is -2.34. The van der Waals surface area contributed by atoms with Crippen LogP contribution in [0.4, 0.5) is 10.5 Å². The largest absolute Gasteiger partial charge is 0.497 e. The van der Waals surface area contributed by atoms with Gasteiger partial charge in [0.15, 0.2) is 0 Å². The Hall–Kier alpha value is -1.75. The number of benzene rings is 1. The first-order chi connectivity index (χ1) is 9.10. The monoisotopic (exact) mass is 264 g/mol. The van der Waals surface area contributed by atoms with E-state index >= 15 is 0 Å². The summed E-state index contributed by atoms with van der Waals surface area (Å²) in [6.07, 6.45) is 0.396. The predicted octanol–water partition coefficient (Wildman–Crippen LogP) is 1.93. The zero-order valence-corrected chi connectivity index (χ0v) is 11.3. The first kappa shape index (κ1) is 13.7. The molecule has 1 saturated heterocycles. The van der Waals surface area contributed by atoms with Crippen LogP contribution in [0, 0.1) is 5.92 Å². The molecule has 2 unspecified atom stereocenters. The van der Waals surface area contributed by atoms with E-state index < -0.39 is 6.10 Å². The van der Waals surface area contributed by atoms with Crippen molar-refractivity contribution in [3.05, 3.63) is 24.3 Å². The minimum Gasteiger partial charge on any atom is -0.497 e. The molecule has 5 nitrogen and oxygen atoms in total. The van der Waals surface area contributed by atoms with Crippen LogP contribution in [0.25, 0.3) is 0 Å². The number of aliphatic hydroxyl groups excluding tert-OH is 1. The fourth-order valence-corrected chi connectivity index (χ4v) is 2.11. The molecule has 2 rings (SSSR count). The van der Waals surface area contributed by atoms with Gasteiger partial charge in [-0.25, -0.2) is 4.79 Å². The second kappa shape index (κ2) is 5.93. The summed E-state index contributed by atoms with van der Waals surface area (Å²) in [6.45, 7) is 3.08. The minimum atomic E-state index is -0.435. The lowest BCUT2D eigenvalue weighted by Crippen LogP contribution is -2.47. The number of methoxy groups -OCH3 is 1. The lowest BCUT2D eigenvalue weighted by atomic mass is 9.96. The molecule has 1 aromatic rings. The van der Waals surface area contributed by atoms with E-state index in [2.05, 4.69) is 5.32 Å². The summed E-state index contributed by atoms with van der Waals surface area (Å²) in [7, 11) is 1.60. The number of rotatable bonds is 2. The van der Waals surface area contributed by atoms with Crippen LogP contribution in [0.15, 0.2) is 24.3 Å².